The molecule has 1 aromatic heterocycles. The number of carboxylic acids is 1. The molecule has 3 aliphatic heterocycles. The maximum absolute atomic E-state index is 13.5. The van der Waals surface area contributed by atoms with Crippen LogP contribution in [0.1, 0.15) is 56.8 Å². The molecule has 0 bridgehead atoms. The molecule has 20 heteroatoms. The van der Waals surface area contributed by atoms with Crippen LogP contribution in [0.5, 0.6) is 5.75 Å². The fraction of sp³-hybridized carbons (Fsp3) is 0.293. The molecule has 5 amide bonds. The number of aldehydes is 1. The van der Waals surface area contributed by atoms with Gasteiger partial charge in [-0.2, -0.15) is 0 Å². The van der Waals surface area contributed by atoms with Crippen LogP contribution in [0, 0.1) is 0 Å². The van der Waals surface area contributed by atoms with Gasteiger partial charge >= 0.3 is 5.97 Å². The average Bonchev–Trinajstić information content (AvgIpc) is 3.66. The summed E-state index contributed by atoms with van der Waals surface area (Å²) in [7, 11) is -3.72. The van der Waals surface area contributed by atoms with Crippen LogP contribution in [-0.4, -0.2) is 103 Å². The highest BCUT2D eigenvalue weighted by molar-refractivity contribution is 7.88. The lowest BCUT2D eigenvalue weighted by Crippen LogP contribution is -2.54. The van der Waals surface area contributed by atoms with Crippen molar-refractivity contribution in [1.82, 2.24) is 14.5 Å². The number of amides is 5. The number of anilines is 3. The lowest BCUT2D eigenvalue weighted by atomic mass is 10.0. The van der Waals surface area contributed by atoms with Gasteiger partial charge < -0.3 is 30.6 Å². The Balaban J connectivity index is 0.901. The number of ether oxygens (including phenoxy) is 1. The van der Waals surface area contributed by atoms with E-state index in [1.54, 1.807) is 24.3 Å². The number of hydrogen-bond acceptors (Lipinski definition) is 13. The Morgan fingerprint density at radius 3 is 2.41 bits per heavy atom. The number of thiophene rings is 1. The van der Waals surface area contributed by atoms with Crippen molar-refractivity contribution in [3.8, 4) is 16.2 Å². The standard InChI is InChI=1S/C41H39ClN6O11S2/c42-36-37(59-21-35(52)53)32(13-16-49)60-38(36)24-4-2-6-28(18-24)44-25-11-14-47(15-12-25)61(57,58)22-23-3-1-5-27(17-23)45-34(51)20-43-26-7-8-29-30(19-26)41(56)48(40(29)55)31-9-10-33(50)46-39(31)54/h1-8,16-19,25,31,43-44H,9-15,20-22H2,(H,45,51)(H,52,53)(H,46,50,54). The number of nitrogens with zero attached hydrogens (tertiary/aromatic N) is 2. The summed E-state index contributed by atoms with van der Waals surface area (Å²) in [4.78, 5) is 87.3. The van der Waals surface area contributed by atoms with E-state index in [-0.39, 0.29) is 72.6 Å². The van der Waals surface area contributed by atoms with Crippen LogP contribution < -0.4 is 26.0 Å². The number of halogens is 1. The SMILES string of the molecule is O=CCc1sc(-c2cccc(NC3CCN(S(=O)(=O)Cc4cccc(NC(=O)CNc5ccc6c(c5)C(=O)N(C5CCC(=O)NC5=O)C6=O)c4)CC3)c2)c(Cl)c1OCC(=O)O. The molecule has 1 atom stereocenters. The first-order valence-electron chi connectivity index (χ1n) is 19.1. The summed E-state index contributed by atoms with van der Waals surface area (Å²) >= 11 is 7.84. The van der Waals surface area contributed by atoms with Crippen molar-refractivity contribution in [2.75, 3.05) is 42.2 Å². The molecule has 17 nitrogen and oxygen atoms in total. The number of carbonyl (C=O) groups is 7. The van der Waals surface area contributed by atoms with E-state index < -0.39 is 58.2 Å². The largest absolute Gasteiger partial charge is 0.479 e. The van der Waals surface area contributed by atoms with E-state index in [0.717, 1.165) is 16.2 Å². The normalized spacial score (nSPS) is 17.1. The maximum Gasteiger partial charge on any atom is 0.341 e. The first-order valence-corrected chi connectivity index (χ1v) is 21.9. The van der Waals surface area contributed by atoms with Crippen molar-refractivity contribution < 1.29 is 51.8 Å². The molecule has 1 unspecified atom stereocenters. The summed E-state index contributed by atoms with van der Waals surface area (Å²) in [6, 6.07) is 17.2. The minimum Gasteiger partial charge on any atom is -0.479 e. The number of aliphatic carboxylic acids is 1. The Kier molecular flexibility index (Phi) is 12.8. The molecular formula is C41H39ClN6O11S2. The van der Waals surface area contributed by atoms with Gasteiger partial charge in [0.2, 0.25) is 27.7 Å². The van der Waals surface area contributed by atoms with Crippen molar-refractivity contribution in [1.29, 1.82) is 0 Å². The third-order valence-corrected chi connectivity index (χ3v) is 13.8. The zero-order chi connectivity index (χ0) is 43.4. The summed E-state index contributed by atoms with van der Waals surface area (Å²) < 4.78 is 33.9. The summed E-state index contributed by atoms with van der Waals surface area (Å²) in [5.74, 6) is -4.23. The highest BCUT2D eigenvalue weighted by Crippen LogP contribution is 2.46. The van der Waals surface area contributed by atoms with E-state index in [0.29, 0.717) is 45.8 Å². The smallest absolute Gasteiger partial charge is 0.341 e. The van der Waals surface area contributed by atoms with Gasteiger partial charge in [-0.05, 0) is 72.9 Å². The summed E-state index contributed by atoms with van der Waals surface area (Å²) in [5.41, 5.74) is 2.92. The van der Waals surface area contributed by atoms with Gasteiger partial charge in [0, 0.05) is 49.0 Å². The Labute approximate surface area is 358 Å². The molecule has 0 aliphatic carbocycles. The van der Waals surface area contributed by atoms with Gasteiger partial charge in [-0.15, -0.1) is 11.3 Å². The van der Waals surface area contributed by atoms with Crippen LogP contribution in [-0.2, 0) is 46.2 Å². The zero-order valence-electron chi connectivity index (χ0n) is 32.3. The number of fused-ring (bicyclic) bond motifs is 1. The fourth-order valence-electron chi connectivity index (χ4n) is 7.39. The van der Waals surface area contributed by atoms with Crippen LogP contribution in [0.15, 0.2) is 66.7 Å². The molecule has 3 aromatic carbocycles. The van der Waals surface area contributed by atoms with Gasteiger partial charge in [-0.25, -0.2) is 17.5 Å². The van der Waals surface area contributed by atoms with E-state index in [2.05, 4.69) is 21.3 Å². The Morgan fingerprint density at radius 1 is 0.934 bits per heavy atom. The van der Waals surface area contributed by atoms with E-state index in [4.69, 9.17) is 21.4 Å². The molecule has 4 heterocycles. The average molecular weight is 891 g/mol. The molecule has 5 N–H and O–H groups in total. The highest BCUT2D eigenvalue weighted by Gasteiger charge is 2.44. The van der Waals surface area contributed by atoms with E-state index in [1.807, 2.05) is 24.3 Å². The molecule has 0 radical (unpaired) electrons. The number of sulfonamides is 1. The van der Waals surface area contributed by atoms with Crippen LogP contribution in [0.25, 0.3) is 10.4 Å². The molecule has 2 saturated heterocycles. The molecule has 61 heavy (non-hydrogen) atoms. The van der Waals surface area contributed by atoms with Crippen LogP contribution in [0.3, 0.4) is 0 Å². The van der Waals surface area contributed by atoms with Gasteiger partial charge in [-0.3, -0.25) is 34.2 Å². The topological polar surface area (TPSA) is 238 Å². The Morgan fingerprint density at radius 2 is 1.67 bits per heavy atom. The molecule has 0 saturated carbocycles. The van der Waals surface area contributed by atoms with Gasteiger partial charge in [0.15, 0.2) is 12.4 Å². The van der Waals surface area contributed by atoms with Gasteiger partial charge in [-0.1, -0.05) is 35.9 Å². The monoisotopic (exact) mass is 890 g/mol. The third-order valence-electron chi connectivity index (χ3n) is 10.3. The minimum absolute atomic E-state index is 0.00182. The number of benzene rings is 3. The molecule has 4 aromatic rings. The van der Waals surface area contributed by atoms with Gasteiger partial charge in [0.1, 0.15) is 17.4 Å². The number of imide groups is 2. The van der Waals surface area contributed by atoms with Crippen molar-refractivity contribution in [3.63, 3.8) is 0 Å². The summed E-state index contributed by atoms with van der Waals surface area (Å²) in [6.07, 6.45) is 1.82. The van der Waals surface area contributed by atoms with Crippen molar-refractivity contribution >= 4 is 91.8 Å². The van der Waals surface area contributed by atoms with Crippen molar-refractivity contribution in [2.45, 2.75) is 49.9 Å². The Hall–Kier alpha value is -6.15. The fourth-order valence-corrected chi connectivity index (χ4v) is 10.5. The van der Waals surface area contributed by atoms with E-state index in [9.17, 15) is 42.0 Å². The first kappa shape index (κ1) is 43.0. The predicted molar refractivity (Wildman–Crippen MR) is 225 cm³/mol. The van der Waals surface area contributed by atoms with Gasteiger partial charge in [0.25, 0.3) is 11.8 Å². The van der Waals surface area contributed by atoms with E-state index in [1.165, 1.54) is 33.8 Å². The molecule has 0 spiro atoms. The lowest BCUT2D eigenvalue weighted by molar-refractivity contribution is -0.139. The number of carbonyl (C=O) groups excluding carboxylic acids is 6. The zero-order valence-corrected chi connectivity index (χ0v) is 34.7. The molecular weight excluding hydrogens is 852 g/mol. The van der Waals surface area contributed by atoms with E-state index >= 15 is 0 Å². The second-order valence-corrected chi connectivity index (χ2v) is 18.0. The quantitative estimate of drug-likeness (QED) is 0.0787. The molecule has 2 fully saturated rings. The first-order chi connectivity index (χ1) is 29.2. The van der Waals surface area contributed by atoms with Crippen molar-refractivity contribution in [2.24, 2.45) is 0 Å². The number of nitrogens with one attached hydrogen (secondary N) is 4. The van der Waals surface area contributed by atoms with Crippen LogP contribution >= 0.6 is 22.9 Å². The van der Waals surface area contributed by atoms with Gasteiger partial charge in [0.05, 0.1) is 33.2 Å². The Bertz CT molecular complexity index is 2560. The number of piperidine rings is 2. The van der Waals surface area contributed by atoms with Crippen LogP contribution in [0.2, 0.25) is 5.02 Å². The molecule has 318 valence electrons. The lowest BCUT2D eigenvalue weighted by Gasteiger charge is -2.32. The maximum atomic E-state index is 13.5. The van der Waals surface area contributed by atoms with Crippen LogP contribution in [0.4, 0.5) is 17.1 Å². The second kappa shape index (κ2) is 18.2. The summed E-state index contributed by atoms with van der Waals surface area (Å²) in [6.45, 7) is -0.247. The molecule has 7 rings (SSSR count). The third kappa shape index (κ3) is 9.75. The minimum atomic E-state index is -3.72. The number of rotatable bonds is 16. The second-order valence-electron chi connectivity index (χ2n) is 14.5. The van der Waals surface area contributed by atoms with Crippen molar-refractivity contribution in [3.05, 3.63) is 93.3 Å². The predicted octanol–water partition coefficient (Wildman–Crippen LogP) is 4.13. The highest BCUT2D eigenvalue weighted by atomic mass is 35.5. The number of hydrogen-bond donors (Lipinski definition) is 5. The summed E-state index contributed by atoms with van der Waals surface area (Å²) in [5, 5.41) is 20.6. The molecule has 3 aliphatic rings. The number of carboxylic acid groups (broad SMARTS) is 1.